The molecule has 0 saturated carbocycles. The van der Waals surface area contributed by atoms with Crippen LogP contribution in [0.3, 0.4) is 0 Å². The average molecular weight is 408 g/mol. The van der Waals surface area contributed by atoms with Crippen molar-refractivity contribution in [2.75, 3.05) is 7.11 Å². The van der Waals surface area contributed by atoms with E-state index in [1.165, 1.54) is 13.8 Å². The van der Waals surface area contributed by atoms with E-state index in [4.69, 9.17) is 4.74 Å². The second kappa shape index (κ2) is 7.85. The molecule has 0 aliphatic rings. The van der Waals surface area contributed by atoms with Crippen molar-refractivity contribution in [3.63, 3.8) is 0 Å². The van der Waals surface area contributed by atoms with Gasteiger partial charge >= 0.3 is 0 Å². The highest BCUT2D eigenvalue weighted by molar-refractivity contribution is 6.96. The van der Waals surface area contributed by atoms with E-state index < -0.39 is 47.4 Å². The Balaban J connectivity index is 2.46. The van der Waals surface area contributed by atoms with Gasteiger partial charge < -0.3 is 4.74 Å². The lowest BCUT2D eigenvalue weighted by Crippen LogP contribution is -2.55. The first kappa shape index (κ1) is 20.8. The number of methoxy groups -OCH3 is 1. The van der Waals surface area contributed by atoms with Crippen molar-refractivity contribution in [3.05, 3.63) is 82.4 Å². The molecule has 0 aromatic heterocycles. The Hall–Kier alpha value is -2.90. The van der Waals surface area contributed by atoms with Crippen LogP contribution in [-0.2, 0) is 0 Å². The maximum absolute atomic E-state index is 14.4. The summed E-state index contributed by atoms with van der Waals surface area (Å²) < 4.78 is 90.1. The number of hydrogen-bond acceptors (Lipinski definition) is 1. The third-order valence-electron chi connectivity index (χ3n) is 4.87. The zero-order chi connectivity index (χ0) is 21.5. The lowest BCUT2D eigenvalue weighted by Gasteiger charge is -2.22. The smallest absolute Gasteiger partial charge is 0.247 e. The molecular formula is C21H15BF6O. The van der Waals surface area contributed by atoms with Gasteiger partial charge in [0.25, 0.3) is 0 Å². The summed E-state index contributed by atoms with van der Waals surface area (Å²) in [5.41, 5.74) is -0.316. The Bertz CT molecular complexity index is 1040. The van der Waals surface area contributed by atoms with Crippen LogP contribution in [0.4, 0.5) is 26.3 Å². The minimum Gasteiger partial charge on any atom is -0.494 e. The molecule has 150 valence electrons. The molecule has 0 fully saturated rings. The van der Waals surface area contributed by atoms with Crippen molar-refractivity contribution in [2.45, 2.75) is 13.8 Å². The largest absolute Gasteiger partial charge is 0.494 e. The summed E-state index contributed by atoms with van der Waals surface area (Å²) in [6, 6.07) is 4.73. The second-order valence-corrected chi connectivity index (χ2v) is 6.65. The van der Waals surface area contributed by atoms with Gasteiger partial charge in [0.1, 0.15) is 34.8 Å². The first-order valence-electron chi connectivity index (χ1n) is 8.58. The monoisotopic (exact) mass is 408 g/mol. The van der Waals surface area contributed by atoms with E-state index >= 15 is 0 Å². The molecular weight excluding hydrogens is 393 g/mol. The predicted molar refractivity (Wildman–Crippen MR) is 99.8 cm³/mol. The Morgan fingerprint density at radius 1 is 0.586 bits per heavy atom. The molecule has 0 saturated heterocycles. The van der Waals surface area contributed by atoms with Crippen molar-refractivity contribution in [1.29, 1.82) is 0 Å². The molecule has 0 unspecified atom stereocenters. The SMILES string of the molecule is COc1c(F)cc(F)cc1B(c1cc(F)cc(F)c1C)c1cc(F)cc(F)c1C. The quantitative estimate of drug-likeness (QED) is 0.473. The minimum absolute atomic E-state index is 0.0350. The van der Waals surface area contributed by atoms with Crippen molar-refractivity contribution in [3.8, 4) is 5.75 Å². The molecule has 0 N–H and O–H groups in total. The molecule has 3 aromatic rings. The Morgan fingerprint density at radius 2 is 0.966 bits per heavy atom. The van der Waals surface area contributed by atoms with Crippen LogP contribution in [0, 0.1) is 48.8 Å². The molecule has 8 heteroatoms. The molecule has 0 amide bonds. The number of halogens is 6. The number of hydrogen-bond donors (Lipinski definition) is 0. The Kier molecular flexibility index (Phi) is 5.64. The van der Waals surface area contributed by atoms with Crippen LogP contribution < -0.4 is 21.1 Å². The van der Waals surface area contributed by atoms with Gasteiger partial charge in [-0.2, -0.15) is 0 Å². The Labute approximate surface area is 164 Å². The van der Waals surface area contributed by atoms with E-state index in [-0.39, 0.29) is 27.5 Å². The molecule has 0 spiro atoms. The number of ether oxygens (including phenoxy) is 1. The molecule has 0 atom stereocenters. The topological polar surface area (TPSA) is 9.23 Å². The maximum atomic E-state index is 14.4. The lowest BCUT2D eigenvalue weighted by atomic mass is 9.35. The number of benzene rings is 3. The lowest BCUT2D eigenvalue weighted by molar-refractivity contribution is 0.387. The highest BCUT2D eigenvalue weighted by atomic mass is 19.2. The van der Waals surface area contributed by atoms with Crippen molar-refractivity contribution < 1.29 is 31.1 Å². The summed E-state index contributed by atoms with van der Waals surface area (Å²) in [5, 5.41) is 0. The minimum atomic E-state index is -1.30. The van der Waals surface area contributed by atoms with Gasteiger partial charge in [0.15, 0.2) is 5.82 Å². The molecule has 0 radical (unpaired) electrons. The van der Waals surface area contributed by atoms with E-state index in [1.54, 1.807) is 0 Å². The van der Waals surface area contributed by atoms with E-state index in [9.17, 15) is 26.3 Å². The Morgan fingerprint density at radius 3 is 1.38 bits per heavy atom. The van der Waals surface area contributed by atoms with Crippen LogP contribution in [0.25, 0.3) is 0 Å². The second-order valence-electron chi connectivity index (χ2n) is 6.65. The summed E-state index contributed by atoms with van der Waals surface area (Å²) in [6.07, 6.45) is 0. The van der Waals surface area contributed by atoms with Crippen molar-refractivity contribution in [1.82, 2.24) is 0 Å². The first-order chi connectivity index (χ1) is 13.6. The fourth-order valence-electron chi connectivity index (χ4n) is 3.44. The van der Waals surface area contributed by atoms with Gasteiger partial charge in [-0.15, -0.1) is 0 Å². The zero-order valence-corrected chi connectivity index (χ0v) is 15.7. The normalized spacial score (nSPS) is 10.9. The third kappa shape index (κ3) is 3.84. The molecule has 0 aliphatic carbocycles. The standard InChI is InChI=1S/C21H15BF6O/c1-10-15(4-12(23)7-18(10)26)22(16-5-13(24)8-19(27)11(16)2)17-6-14(25)9-20(28)21(17)29-3/h4-9H,1-3H3. The zero-order valence-electron chi connectivity index (χ0n) is 15.7. The van der Waals surface area contributed by atoms with Gasteiger partial charge in [0, 0.05) is 18.2 Å². The van der Waals surface area contributed by atoms with E-state index in [2.05, 4.69) is 0 Å². The highest BCUT2D eigenvalue weighted by Crippen LogP contribution is 2.19. The van der Waals surface area contributed by atoms with Gasteiger partial charge in [-0.25, -0.2) is 26.3 Å². The summed E-state index contributed by atoms with van der Waals surface area (Å²) >= 11 is 0. The summed E-state index contributed by atoms with van der Waals surface area (Å²) in [5.74, 6) is -6.14. The van der Waals surface area contributed by atoms with Crippen molar-refractivity contribution in [2.24, 2.45) is 0 Å². The van der Waals surface area contributed by atoms with E-state index in [1.807, 2.05) is 0 Å². The van der Waals surface area contributed by atoms with Crippen molar-refractivity contribution >= 4 is 23.1 Å². The molecule has 3 rings (SSSR count). The van der Waals surface area contributed by atoms with Crippen LogP contribution >= 0.6 is 0 Å². The van der Waals surface area contributed by atoms with Gasteiger partial charge in [0.05, 0.1) is 7.11 Å². The van der Waals surface area contributed by atoms with Gasteiger partial charge in [-0.3, -0.25) is 0 Å². The summed E-state index contributed by atoms with van der Waals surface area (Å²) in [4.78, 5) is 0. The molecule has 29 heavy (non-hydrogen) atoms. The molecule has 0 aliphatic heterocycles. The fourth-order valence-corrected chi connectivity index (χ4v) is 3.44. The predicted octanol–water partition coefficient (Wildman–Crippen LogP) is 3.66. The molecule has 3 aromatic carbocycles. The first-order valence-corrected chi connectivity index (χ1v) is 8.58. The van der Waals surface area contributed by atoms with Crippen LogP contribution in [0.2, 0.25) is 0 Å². The van der Waals surface area contributed by atoms with Gasteiger partial charge in [0.2, 0.25) is 6.71 Å². The van der Waals surface area contributed by atoms with Crippen LogP contribution in [0.15, 0.2) is 36.4 Å². The van der Waals surface area contributed by atoms with Crippen LogP contribution in [0.1, 0.15) is 11.1 Å². The van der Waals surface area contributed by atoms with E-state index in [0.29, 0.717) is 18.2 Å². The third-order valence-corrected chi connectivity index (χ3v) is 4.87. The molecule has 0 heterocycles. The average Bonchev–Trinajstić information content (AvgIpc) is 2.62. The van der Waals surface area contributed by atoms with Gasteiger partial charge in [-0.05, 0) is 48.6 Å². The van der Waals surface area contributed by atoms with Crippen LogP contribution in [-0.4, -0.2) is 13.8 Å². The van der Waals surface area contributed by atoms with E-state index in [0.717, 1.165) is 25.3 Å². The molecule has 0 bridgehead atoms. The fraction of sp³-hybridized carbons (Fsp3) is 0.143. The van der Waals surface area contributed by atoms with Gasteiger partial charge in [-0.1, -0.05) is 10.9 Å². The highest BCUT2D eigenvalue weighted by Gasteiger charge is 2.32. The van der Waals surface area contributed by atoms with Crippen LogP contribution in [0.5, 0.6) is 5.75 Å². The molecule has 1 nitrogen and oxygen atoms in total. The number of rotatable bonds is 4. The summed E-state index contributed by atoms with van der Waals surface area (Å²) in [7, 11) is 1.13. The summed E-state index contributed by atoms with van der Waals surface area (Å²) in [6.45, 7) is 1.37. The maximum Gasteiger partial charge on any atom is 0.247 e.